The SMILES string of the molecule is COCc1nc(Cl)cc(N(C)Cc2csc(Br)c2)n1. The minimum absolute atomic E-state index is 0.353. The summed E-state index contributed by atoms with van der Waals surface area (Å²) in [6, 6.07) is 3.85. The number of hydrogen-bond acceptors (Lipinski definition) is 5. The lowest BCUT2D eigenvalue weighted by Gasteiger charge is -2.18. The van der Waals surface area contributed by atoms with E-state index in [2.05, 4.69) is 37.3 Å². The van der Waals surface area contributed by atoms with E-state index in [0.29, 0.717) is 17.6 Å². The van der Waals surface area contributed by atoms with Gasteiger partial charge < -0.3 is 9.64 Å². The van der Waals surface area contributed by atoms with Gasteiger partial charge in [-0.25, -0.2) is 9.97 Å². The van der Waals surface area contributed by atoms with Crippen molar-refractivity contribution in [1.82, 2.24) is 9.97 Å². The van der Waals surface area contributed by atoms with E-state index in [1.54, 1.807) is 24.5 Å². The van der Waals surface area contributed by atoms with E-state index in [4.69, 9.17) is 16.3 Å². The molecule has 0 bridgehead atoms. The minimum atomic E-state index is 0.353. The minimum Gasteiger partial charge on any atom is -0.377 e. The van der Waals surface area contributed by atoms with E-state index >= 15 is 0 Å². The van der Waals surface area contributed by atoms with Crippen LogP contribution < -0.4 is 4.90 Å². The maximum absolute atomic E-state index is 6.00. The van der Waals surface area contributed by atoms with Crippen LogP contribution in [0.1, 0.15) is 11.4 Å². The van der Waals surface area contributed by atoms with Crippen LogP contribution in [0.4, 0.5) is 5.82 Å². The fraction of sp³-hybridized carbons (Fsp3) is 0.333. The van der Waals surface area contributed by atoms with E-state index < -0.39 is 0 Å². The van der Waals surface area contributed by atoms with Gasteiger partial charge in [0.25, 0.3) is 0 Å². The zero-order valence-electron chi connectivity index (χ0n) is 10.6. The highest BCUT2D eigenvalue weighted by Gasteiger charge is 2.09. The third-order valence-electron chi connectivity index (χ3n) is 2.43. The fourth-order valence-electron chi connectivity index (χ4n) is 1.62. The Morgan fingerprint density at radius 3 is 2.84 bits per heavy atom. The molecule has 0 atom stereocenters. The van der Waals surface area contributed by atoms with Gasteiger partial charge in [0.1, 0.15) is 17.6 Å². The molecule has 0 radical (unpaired) electrons. The molecule has 0 amide bonds. The number of anilines is 1. The zero-order chi connectivity index (χ0) is 13.8. The van der Waals surface area contributed by atoms with Gasteiger partial charge in [0.2, 0.25) is 0 Å². The average Bonchev–Trinajstić information content (AvgIpc) is 2.74. The Kier molecular flexibility index (Phi) is 5.15. The number of thiophene rings is 1. The summed E-state index contributed by atoms with van der Waals surface area (Å²) in [5.74, 6) is 1.37. The van der Waals surface area contributed by atoms with E-state index in [1.165, 1.54) is 5.56 Å². The smallest absolute Gasteiger partial charge is 0.158 e. The molecule has 0 spiro atoms. The molecule has 0 aromatic carbocycles. The van der Waals surface area contributed by atoms with Crippen molar-refractivity contribution in [1.29, 1.82) is 0 Å². The number of methoxy groups -OCH3 is 1. The first-order valence-electron chi connectivity index (χ1n) is 5.55. The molecule has 0 unspecified atom stereocenters. The average molecular weight is 363 g/mol. The van der Waals surface area contributed by atoms with Gasteiger partial charge in [-0.15, -0.1) is 11.3 Å². The third-order valence-corrected chi connectivity index (χ3v) is 4.18. The maximum Gasteiger partial charge on any atom is 0.158 e. The molecule has 7 heteroatoms. The number of rotatable bonds is 5. The lowest BCUT2D eigenvalue weighted by atomic mass is 10.3. The normalized spacial score (nSPS) is 10.7. The Hall–Kier alpha value is -0.690. The van der Waals surface area contributed by atoms with E-state index in [9.17, 15) is 0 Å². The highest BCUT2D eigenvalue weighted by molar-refractivity contribution is 9.11. The summed E-state index contributed by atoms with van der Waals surface area (Å²) in [5, 5.41) is 2.54. The van der Waals surface area contributed by atoms with Gasteiger partial charge in [-0.2, -0.15) is 0 Å². The van der Waals surface area contributed by atoms with Gasteiger partial charge in [0.15, 0.2) is 5.82 Å². The second-order valence-corrected chi connectivity index (χ2v) is 6.69. The highest BCUT2D eigenvalue weighted by atomic mass is 79.9. The molecule has 4 nitrogen and oxygen atoms in total. The predicted molar refractivity (Wildman–Crippen MR) is 81.9 cm³/mol. The van der Waals surface area contributed by atoms with Crippen LogP contribution in [-0.2, 0) is 17.9 Å². The van der Waals surface area contributed by atoms with Crippen molar-refractivity contribution in [2.75, 3.05) is 19.1 Å². The van der Waals surface area contributed by atoms with E-state index in [0.717, 1.165) is 16.1 Å². The molecule has 102 valence electrons. The van der Waals surface area contributed by atoms with Gasteiger partial charge in [-0.3, -0.25) is 0 Å². The number of halogens is 2. The number of hydrogen-bond donors (Lipinski definition) is 0. The van der Waals surface area contributed by atoms with Gasteiger partial charge in [-0.1, -0.05) is 11.6 Å². The number of ether oxygens (including phenoxy) is 1. The first-order valence-corrected chi connectivity index (χ1v) is 7.60. The second-order valence-electron chi connectivity index (χ2n) is 4.01. The van der Waals surface area contributed by atoms with Crippen LogP contribution >= 0.6 is 38.9 Å². The first kappa shape index (κ1) is 14.7. The van der Waals surface area contributed by atoms with Crippen molar-refractivity contribution < 1.29 is 4.74 Å². The Bertz CT molecular complexity index is 564. The molecular formula is C12H13BrClN3OS. The molecular weight excluding hydrogens is 350 g/mol. The van der Waals surface area contributed by atoms with Crippen LogP contribution in [0.15, 0.2) is 21.3 Å². The van der Waals surface area contributed by atoms with Crippen molar-refractivity contribution in [3.63, 3.8) is 0 Å². The molecule has 2 heterocycles. The molecule has 0 N–H and O–H groups in total. The van der Waals surface area contributed by atoms with E-state index in [-0.39, 0.29) is 0 Å². The molecule has 0 aliphatic rings. The standard InChI is InChI=1S/C12H13BrClN3OS/c1-17(5-8-3-9(13)19-7-8)12-4-10(14)15-11(16-12)6-18-2/h3-4,7H,5-6H2,1-2H3. The lowest BCUT2D eigenvalue weighted by molar-refractivity contribution is 0.178. The van der Waals surface area contributed by atoms with Crippen molar-refractivity contribution in [2.24, 2.45) is 0 Å². The number of aromatic nitrogens is 2. The largest absolute Gasteiger partial charge is 0.377 e. The summed E-state index contributed by atoms with van der Waals surface area (Å²) in [7, 11) is 3.58. The van der Waals surface area contributed by atoms with Crippen LogP contribution in [0, 0.1) is 0 Å². The third kappa shape index (κ3) is 4.14. The summed E-state index contributed by atoms with van der Waals surface area (Å²) in [6.45, 7) is 1.12. The molecule has 0 saturated carbocycles. The van der Waals surface area contributed by atoms with Crippen LogP contribution in [-0.4, -0.2) is 24.1 Å². The molecule has 19 heavy (non-hydrogen) atoms. The Balaban J connectivity index is 2.15. The van der Waals surface area contributed by atoms with Crippen LogP contribution in [0.25, 0.3) is 0 Å². The summed E-state index contributed by atoms with van der Waals surface area (Å²) < 4.78 is 6.15. The van der Waals surface area contributed by atoms with Gasteiger partial charge in [0.05, 0.1) is 3.79 Å². The van der Waals surface area contributed by atoms with Crippen LogP contribution in [0.3, 0.4) is 0 Å². The summed E-state index contributed by atoms with van der Waals surface area (Å²) in [4.78, 5) is 10.6. The van der Waals surface area contributed by atoms with Crippen molar-refractivity contribution in [3.8, 4) is 0 Å². The molecule has 0 saturated heterocycles. The molecule has 2 rings (SSSR count). The molecule has 2 aromatic heterocycles. The second kappa shape index (κ2) is 6.65. The van der Waals surface area contributed by atoms with Crippen molar-refractivity contribution in [2.45, 2.75) is 13.2 Å². The van der Waals surface area contributed by atoms with Crippen LogP contribution in [0.5, 0.6) is 0 Å². The summed E-state index contributed by atoms with van der Waals surface area (Å²) in [6.07, 6.45) is 0. The monoisotopic (exact) mass is 361 g/mol. The Labute approximate surface area is 129 Å². The predicted octanol–water partition coefficient (Wildman–Crippen LogP) is 3.74. The Morgan fingerprint density at radius 1 is 1.42 bits per heavy atom. The van der Waals surface area contributed by atoms with E-state index in [1.807, 2.05) is 11.9 Å². The zero-order valence-corrected chi connectivity index (χ0v) is 13.7. The maximum atomic E-state index is 6.00. The molecule has 0 aliphatic heterocycles. The molecule has 2 aromatic rings. The lowest BCUT2D eigenvalue weighted by Crippen LogP contribution is -2.18. The van der Waals surface area contributed by atoms with Gasteiger partial charge >= 0.3 is 0 Å². The van der Waals surface area contributed by atoms with Crippen molar-refractivity contribution in [3.05, 3.63) is 37.8 Å². The number of nitrogens with zero attached hydrogens (tertiary/aromatic N) is 3. The summed E-state index contributed by atoms with van der Waals surface area (Å²) in [5.41, 5.74) is 1.22. The highest BCUT2D eigenvalue weighted by Crippen LogP contribution is 2.23. The van der Waals surface area contributed by atoms with Gasteiger partial charge in [0, 0.05) is 26.8 Å². The molecule has 0 fully saturated rings. The Morgan fingerprint density at radius 2 is 2.21 bits per heavy atom. The fourth-order valence-corrected chi connectivity index (χ4v) is 3.02. The molecule has 0 aliphatic carbocycles. The topological polar surface area (TPSA) is 38.2 Å². The summed E-state index contributed by atoms with van der Waals surface area (Å²) >= 11 is 11.1. The quantitative estimate of drug-likeness (QED) is 0.760. The van der Waals surface area contributed by atoms with Crippen LogP contribution in [0.2, 0.25) is 5.15 Å². The van der Waals surface area contributed by atoms with Crippen molar-refractivity contribution >= 4 is 44.7 Å². The first-order chi connectivity index (χ1) is 9.08. The van der Waals surface area contributed by atoms with Gasteiger partial charge in [-0.05, 0) is 32.9 Å².